The summed E-state index contributed by atoms with van der Waals surface area (Å²) in [6, 6.07) is 62.8. The van der Waals surface area contributed by atoms with Crippen LogP contribution in [0.25, 0.3) is 93.2 Å². The summed E-state index contributed by atoms with van der Waals surface area (Å²) in [5.41, 5.74) is 15.2. The van der Waals surface area contributed by atoms with Crippen molar-refractivity contribution in [1.29, 1.82) is 0 Å². The van der Waals surface area contributed by atoms with E-state index in [1.165, 1.54) is 104 Å². The summed E-state index contributed by atoms with van der Waals surface area (Å²) in [5.74, 6) is 0. The van der Waals surface area contributed by atoms with Crippen LogP contribution in [-0.4, -0.2) is 4.57 Å². The van der Waals surface area contributed by atoms with Crippen molar-refractivity contribution in [2.24, 2.45) is 0 Å². The molecule has 1 heteroatoms. The molecule has 0 radical (unpaired) electrons. The minimum Gasteiger partial charge on any atom is -0.309 e. The minimum atomic E-state index is 1.16. The molecule has 0 amide bonds. The maximum Gasteiger partial charge on any atom is 0.0541 e. The van der Waals surface area contributed by atoms with Crippen molar-refractivity contribution in [2.75, 3.05) is 0 Å². The Labute approximate surface area is 304 Å². The fraction of sp³-hybridized carbons (Fsp3) is 0.0588. The molecule has 0 aliphatic heterocycles. The summed E-state index contributed by atoms with van der Waals surface area (Å²) in [6.07, 6.45) is 0. The van der Waals surface area contributed by atoms with Crippen LogP contribution in [0, 0.1) is 20.8 Å². The highest BCUT2D eigenvalue weighted by Crippen LogP contribution is 2.46. The van der Waals surface area contributed by atoms with E-state index in [0.29, 0.717) is 0 Å². The minimum absolute atomic E-state index is 1.16. The third-order valence-corrected chi connectivity index (χ3v) is 11.0. The first kappa shape index (κ1) is 30.4. The predicted molar refractivity (Wildman–Crippen MR) is 224 cm³/mol. The SMILES string of the molecule is Cc1cc(C)c(-c2c3ccccc3c(-c3ccc(-n4c5ccccc5c5cc(-c6cccc7ccccc67)ccc54)cc3)c3ccccc23)c(C)c1. The van der Waals surface area contributed by atoms with E-state index in [-0.39, 0.29) is 0 Å². The maximum absolute atomic E-state index is 2.42. The first-order valence-electron chi connectivity index (χ1n) is 18.2. The van der Waals surface area contributed by atoms with Crippen LogP contribution in [0.3, 0.4) is 0 Å². The predicted octanol–water partition coefficient (Wildman–Crippen LogP) is 14.2. The number of rotatable bonds is 4. The molecule has 0 bridgehead atoms. The molecule has 0 fully saturated rings. The van der Waals surface area contributed by atoms with E-state index in [0.717, 1.165) is 5.69 Å². The van der Waals surface area contributed by atoms with Gasteiger partial charge in [0.2, 0.25) is 0 Å². The van der Waals surface area contributed by atoms with Gasteiger partial charge in [-0.2, -0.15) is 0 Å². The van der Waals surface area contributed by atoms with Gasteiger partial charge in [-0.25, -0.2) is 0 Å². The zero-order chi connectivity index (χ0) is 34.9. The monoisotopic (exact) mass is 663 g/mol. The van der Waals surface area contributed by atoms with E-state index in [4.69, 9.17) is 0 Å². The number of aromatic nitrogens is 1. The maximum atomic E-state index is 2.42. The Morgan fingerprint density at radius 2 is 0.865 bits per heavy atom. The molecule has 52 heavy (non-hydrogen) atoms. The summed E-state index contributed by atoms with van der Waals surface area (Å²) >= 11 is 0. The molecule has 0 aliphatic carbocycles. The molecule has 0 spiro atoms. The normalized spacial score (nSPS) is 11.8. The molecule has 10 aromatic rings. The van der Waals surface area contributed by atoms with Gasteiger partial charge in [0.1, 0.15) is 0 Å². The van der Waals surface area contributed by atoms with Gasteiger partial charge in [-0.15, -0.1) is 0 Å². The number of para-hydroxylation sites is 1. The lowest BCUT2D eigenvalue weighted by atomic mass is 9.83. The lowest BCUT2D eigenvalue weighted by Crippen LogP contribution is -1.96. The van der Waals surface area contributed by atoms with Crippen LogP contribution in [0.1, 0.15) is 16.7 Å². The Kier molecular flexibility index (Phi) is 6.91. The fourth-order valence-corrected chi connectivity index (χ4v) is 8.96. The lowest BCUT2D eigenvalue weighted by Gasteiger charge is -2.20. The van der Waals surface area contributed by atoms with Gasteiger partial charge in [0.05, 0.1) is 11.0 Å². The van der Waals surface area contributed by atoms with Gasteiger partial charge in [0, 0.05) is 16.5 Å². The summed E-state index contributed by atoms with van der Waals surface area (Å²) < 4.78 is 2.42. The van der Waals surface area contributed by atoms with Crippen molar-refractivity contribution in [1.82, 2.24) is 4.57 Å². The van der Waals surface area contributed by atoms with Crippen LogP contribution >= 0.6 is 0 Å². The van der Waals surface area contributed by atoms with Crippen molar-refractivity contribution >= 4 is 54.1 Å². The standard InChI is InChI=1S/C51H37N/c1-32-29-33(2)49(34(3)30-32)51-44-19-8-6-17-42(44)50(43-18-7-9-20-45(43)51)36-23-26-38(27-24-36)52-47-22-11-10-16-41(47)46-31-37(25-28-48(46)52)40-21-12-14-35-13-4-5-15-39(35)40/h4-31H,1-3H3. The number of benzene rings is 9. The molecule has 0 unspecified atom stereocenters. The molecular formula is C51H37N. The highest BCUT2D eigenvalue weighted by molar-refractivity contribution is 6.22. The Morgan fingerprint density at radius 1 is 0.346 bits per heavy atom. The van der Waals surface area contributed by atoms with Crippen molar-refractivity contribution in [3.05, 3.63) is 187 Å². The van der Waals surface area contributed by atoms with Gasteiger partial charge in [0.15, 0.2) is 0 Å². The molecule has 1 nitrogen and oxygen atoms in total. The Hall–Kier alpha value is -6.44. The fourth-order valence-electron chi connectivity index (χ4n) is 8.96. The van der Waals surface area contributed by atoms with Crippen LogP contribution in [-0.2, 0) is 0 Å². The second kappa shape index (κ2) is 11.8. The molecule has 0 aliphatic rings. The highest BCUT2D eigenvalue weighted by Gasteiger charge is 2.20. The first-order chi connectivity index (χ1) is 25.5. The Morgan fingerprint density at radius 3 is 1.54 bits per heavy atom. The number of fused-ring (bicyclic) bond motifs is 6. The van der Waals surface area contributed by atoms with Gasteiger partial charge in [-0.1, -0.05) is 145 Å². The van der Waals surface area contributed by atoms with E-state index in [2.05, 4.69) is 195 Å². The third-order valence-electron chi connectivity index (χ3n) is 11.0. The third kappa shape index (κ3) is 4.63. The number of hydrogen-bond donors (Lipinski definition) is 0. The van der Waals surface area contributed by atoms with E-state index in [1.54, 1.807) is 0 Å². The van der Waals surface area contributed by atoms with Gasteiger partial charge in [-0.05, 0) is 128 Å². The molecule has 0 N–H and O–H groups in total. The van der Waals surface area contributed by atoms with Gasteiger partial charge in [-0.3, -0.25) is 0 Å². The zero-order valence-electron chi connectivity index (χ0n) is 29.6. The highest BCUT2D eigenvalue weighted by atomic mass is 15.0. The average Bonchev–Trinajstić information content (AvgIpc) is 3.51. The molecular weight excluding hydrogens is 627 g/mol. The van der Waals surface area contributed by atoms with Crippen molar-refractivity contribution < 1.29 is 0 Å². The van der Waals surface area contributed by atoms with Crippen LogP contribution < -0.4 is 0 Å². The van der Waals surface area contributed by atoms with E-state index in [9.17, 15) is 0 Å². The molecule has 10 rings (SSSR count). The summed E-state index contributed by atoms with van der Waals surface area (Å²) in [6.45, 7) is 6.70. The first-order valence-corrected chi connectivity index (χ1v) is 18.2. The van der Waals surface area contributed by atoms with E-state index >= 15 is 0 Å². The quantitative estimate of drug-likeness (QED) is 0.165. The zero-order valence-corrected chi connectivity index (χ0v) is 29.6. The van der Waals surface area contributed by atoms with E-state index < -0.39 is 0 Å². The van der Waals surface area contributed by atoms with Crippen molar-refractivity contribution in [3.8, 4) is 39.1 Å². The van der Waals surface area contributed by atoms with Crippen LogP contribution in [0.15, 0.2) is 170 Å². The number of hydrogen-bond acceptors (Lipinski definition) is 0. The second-order valence-corrected chi connectivity index (χ2v) is 14.3. The molecule has 9 aromatic carbocycles. The lowest BCUT2D eigenvalue weighted by molar-refractivity contribution is 1.18. The largest absolute Gasteiger partial charge is 0.309 e. The van der Waals surface area contributed by atoms with Crippen molar-refractivity contribution in [2.45, 2.75) is 20.8 Å². The van der Waals surface area contributed by atoms with Gasteiger partial charge < -0.3 is 4.57 Å². The molecule has 0 saturated heterocycles. The van der Waals surface area contributed by atoms with Crippen LogP contribution in [0.5, 0.6) is 0 Å². The van der Waals surface area contributed by atoms with Gasteiger partial charge >= 0.3 is 0 Å². The summed E-state index contributed by atoms with van der Waals surface area (Å²) in [4.78, 5) is 0. The van der Waals surface area contributed by atoms with Crippen molar-refractivity contribution in [3.63, 3.8) is 0 Å². The summed E-state index contributed by atoms with van der Waals surface area (Å²) in [7, 11) is 0. The van der Waals surface area contributed by atoms with Crippen LogP contribution in [0.4, 0.5) is 0 Å². The van der Waals surface area contributed by atoms with E-state index in [1.807, 2.05) is 0 Å². The number of aryl methyl sites for hydroxylation is 3. The molecule has 246 valence electrons. The topological polar surface area (TPSA) is 4.93 Å². The molecule has 1 aromatic heterocycles. The van der Waals surface area contributed by atoms with Crippen LogP contribution in [0.2, 0.25) is 0 Å². The Bertz CT molecular complexity index is 2940. The smallest absolute Gasteiger partial charge is 0.0541 e. The van der Waals surface area contributed by atoms with Gasteiger partial charge in [0.25, 0.3) is 0 Å². The second-order valence-electron chi connectivity index (χ2n) is 14.3. The Balaban J connectivity index is 1.15. The average molecular weight is 664 g/mol. The summed E-state index contributed by atoms with van der Waals surface area (Å²) in [5, 5.41) is 10.2. The molecule has 0 atom stereocenters. The molecule has 1 heterocycles. The number of nitrogens with zero attached hydrogens (tertiary/aromatic N) is 1. The molecule has 0 saturated carbocycles.